The highest BCUT2D eigenvalue weighted by Crippen LogP contribution is 2.27. The molecule has 2 aromatic heterocycles. The van der Waals surface area contributed by atoms with Crippen LogP contribution < -0.4 is 21.3 Å². The molecule has 0 atom stereocenters. The molecule has 0 spiro atoms. The van der Waals surface area contributed by atoms with E-state index in [1.807, 2.05) is 12.1 Å². The average Bonchev–Trinajstić information content (AvgIpc) is 3.19. The van der Waals surface area contributed by atoms with Gasteiger partial charge in [-0.3, -0.25) is 9.59 Å². The number of H-pyrrole nitrogens is 2. The van der Waals surface area contributed by atoms with Gasteiger partial charge in [0, 0.05) is 29.4 Å². The fourth-order valence-electron chi connectivity index (χ4n) is 3.40. The van der Waals surface area contributed by atoms with Crippen LogP contribution in [-0.4, -0.2) is 27.6 Å². The molecule has 0 fully saturated rings. The Bertz CT molecular complexity index is 1390. The monoisotopic (exact) mass is 422 g/mol. The first-order valence-electron chi connectivity index (χ1n) is 9.47. The molecule has 0 radical (unpaired) electrons. The summed E-state index contributed by atoms with van der Waals surface area (Å²) in [5.41, 5.74) is 0.192. The number of aromatic nitrogens is 3. The predicted molar refractivity (Wildman–Crippen MR) is 113 cm³/mol. The van der Waals surface area contributed by atoms with Gasteiger partial charge in [0.1, 0.15) is 23.6 Å². The first-order valence-corrected chi connectivity index (χ1v) is 9.47. The van der Waals surface area contributed by atoms with Crippen molar-refractivity contribution in [2.45, 2.75) is 13.1 Å². The summed E-state index contributed by atoms with van der Waals surface area (Å²) in [5, 5.41) is 2.67. The van der Waals surface area contributed by atoms with Crippen LogP contribution in [-0.2, 0) is 17.9 Å². The van der Waals surface area contributed by atoms with Crippen LogP contribution in [0.4, 0.5) is 4.39 Å². The van der Waals surface area contributed by atoms with E-state index in [9.17, 15) is 18.8 Å². The summed E-state index contributed by atoms with van der Waals surface area (Å²) in [4.78, 5) is 43.1. The maximum Gasteiger partial charge on any atom is 0.329 e. The van der Waals surface area contributed by atoms with E-state index in [-0.39, 0.29) is 23.1 Å². The number of carbonyl (C=O) groups is 1. The third kappa shape index (κ3) is 3.85. The van der Waals surface area contributed by atoms with Gasteiger partial charge >= 0.3 is 5.69 Å². The topological polar surface area (TPSA) is 109 Å². The van der Waals surface area contributed by atoms with Gasteiger partial charge in [-0.25, -0.2) is 13.8 Å². The molecule has 158 valence electrons. The number of nitrogens with one attached hydrogen (secondary N) is 3. The first-order chi connectivity index (χ1) is 15.0. The molecule has 31 heavy (non-hydrogen) atoms. The highest BCUT2D eigenvalue weighted by Gasteiger charge is 2.17. The summed E-state index contributed by atoms with van der Waals surface area (Å²) in [6, 6.07) is 13.2. The van der Waals surface area contributed by atoms with E-state index in [4.69, 9.17) is 4.74 Å². The van der Waals surface area contributed by atoms with E-state index >= 15 is 0 Å². The lowest BCUT2D eigenvalue weighted by Gasteiger charge is -2.10. The molecule has 1 amide bonds. The number of hydrogen-bond acceptors (Lipinski definition) is 4. The Morgan fingerprint density at radius 1 is 1.06 bits per heavy atom. The van der Waals surface area contributed by atoms with Crippen LogP contribution in [0.1, 0.15) is 5.56 Å². The van der Waals surface area contributed by atoms with E-state index in [0.29, 0.717) is 11.3 Å². The molecule has 4 aromatic rings. The second kappa shape index (κ2) is 8.31. The lowest BCUT2D eigenvalue weighted by Crippen LogP contribution is -2.40. The minimum Gasteiger partial charge on any atom is -0.496 e. The number of rotatable bonds is 6. The predicted octanol–water partition coefficient (Wildman–Crippen LogP) is 2.15. The number of methoxy groups -OCH3 is 1. The van der Waals surface area contributed by atoms with Crippen LogP contribution in [0.25, 0.3) is 22.2 Å². The van der Waals surface area contributed by atoms with Gasteiger partial charge in [-0.2, -0.15) is 0 Å². The number of ether oxygens (including phenoxy) is 1. The standard InChI is InChI=1S/C22H19FN4O4/c1-31-17-9-5-2-6-13(17)10-24-18(28)12-27-21(29)20-19(26-22(27)30)15(11-25-20)14-7-3-4-8-16(14)23/h2-9,11,25H,10,12H2,1H3,(H,24,28)(H,26,30). The highest BCUT2D eigenvalue weighted by molar-refractivity contribution is 5.92. The zero-order chi connectivity index (χ0) is 22.0. The molecule has 0 unspecified atom stereocenters. The number of hydrogen-bond donors (Lipinski definition) is 3. The van der Waals surface area contributed by atoms with Crippen LogP contribution in [0.15, 0.2) is 64.3 Å². The third-order valence-corrected chi connectivity index (χ3v) is 4.95. The van der Waals surface area contributed by atoms with Crippen molar-refractivity contribution in [2.24, 2.45) is 0 Å². The molecular weight excluding hydrogens is 403 g/mol. The molecule has 0 aliphatic rings. The van der Waals surface area contributed by atoms with E-state index < -0.39 is 29.5 Å². The number of nitrogens with zero attached hydrogens (tertiary/aromatic N) is 1. The zero-order valence-corrected chi connectivity index (χ0v) is 16.6. The van der Waals surface area contributed by atoms with Crippen LogP contribution in [0.2, 0.25) is 0 Å². The molecular formula is C22H19FN4O4. The number of aromatic amines is 2. The molecule has 4 rings (SSSR count). The van der Waals surface area contributed by atoms with Crippen molar-refractivity contribution >= 4 is 16.9 Å². The van der Waals surface area contributed by atoms with E-state index in [2.05, 4.69) is 15.3 Å². The lowest BCUT2D eigenvalue weighted by atomic mass is 10.1. The van der Waals surface area contributed by atoms with Crippen molar-refractivity contribution in [1.29, 1.82) is 0 Å². The molecule has 9 heteroatoms. The summed E-state index contributed by atoms with van der Waals surface area (Å²) in [7, 11) is 1.53. The van der Waals surface area contributed by atoms with Crippen LogP contribution in [0.3, 0.4) is 0 Å². The van der Waals surface area contributed by atoms with Gasteiger partial charge in [0.05, 0.1) is 12.6 Å². The number of amides is 1. The summed E-state index contributed by atoms with van der Waals surface area (Å²) in [6.07, 6.45) is 1.45. The van der Waals surface area contributed by atoms with Crippen molar-refractivity contribution in [2.75, 3.05) is 7.11 Å². The van der Waals surface area contributed by atoms with E-state index in [1.165, 1.54) is 19.4 Å². The Morgan fingerprint density at radius 3 is 2.58 bits per heavy atom. The van der Waals surface area contributed by atoms with Crippen LogP contribution >= 0.6 is 0 Å². The molecule has 3 N–H and O–H groups in total. The Hall–Kier alpha value is -4.14. The van der Waals surface area contributed by atoms with Crippen LogP contribution in [0, 0.1) is 5.82 Å². The largest absolute Gasteiger partial charge is 0.496 e. The minimum absolute atomic E-state index is 0.0791. The average molecular weight is 422 g/mol. The van der Waals surface area contributed by atoms with Crippen molar-refractivity contribution in [3.05, 3.63) is 86.9 Å². The summed E-state index contributed by atoms with van der Waals surface area (Å²) in [6.45, 7) is -0.287. The first kappa shape index (κ1) is 20.1. The Labute approximate surface area is 175 Å². The Morgan fingerprint density at radius 2 is 1.81 bits per heavy atom. The van der Waals surface area contributed by atoms with Crippen molar-refractivity contribution < 1.29 is 13.9 Å². The van der Waals surface area contributed by atoms with Gasteiger partial charge < -0.3 is 20.0 Å². The maximum atomic E-state index is 14.2. The molecule has 0 saturated heterocycles. The van der Waals surface area contributed by atoms with E-state index in [1.54, 1.807) is 30.3 Å². The van der Waals surface area contributed by atoms with Crippen LogP contribution in [0.5, 0.6) is 5.75 Å². The quantitative estimate of drug-likeness (QED) is 0.442. The normalized spacial score (nSPS) is 10.9. The second-order valence-electron chi connectivity index (χ2n) is 6.84. The van der Waals surface area contributed by atoms with Crippen molar-refractivity contribution in [1.82, 2.24) is 19.9 Å². The fourth-order valence-corrected chi connectivity index (χ4v) is 3.40. The van der Waals surface area contributed by atoms with E-state index in [0.717, 1.165) is 10.1 Å². The van der Waals surface area contributed by atoms with Gasteiger partial charge in [-0.05, 0) is 12.1 Å². The molecule has 8 nitrogen and oxygen atoms in total. The molecule has 2 aromatic carbocycles. The minimum atomic E-state index is -0.762. The molecule has 0 aliphatic heterocycles. The van der Waals surface area contributed by atoms with Gasteiger partial charge in [0.2, 0.25) is 5.91 Å². The molecule has 2 heterocycles. The smallest absolute Gasteiger partial charge is 0.329 e. The highest BCUT2D eigenvalue weighted by atomic mass is 19.1. The Balaban J connectivity index is 1.60. The summed E-state index contributed by atoms with van der Waals surface area (Å²) < 4.78 is 20.2. The molecule has 0 saturated carbocycles. The van der Waals surface area contributed by atoms with Crippen molar-refractivity contribution in [3.8, 4) is 16.9 Å². The number of para-hydroxylation sites is 1. The maximum absolute atomic E-state index is 14.2. The van der Waals surface area contributed by atoms with Gasteiger partial charge in [0.15, 0.2) is 0 Å². The molecule has 0 bridgehead atoms. The lowest BCUT2D eigenvalue weighted by molar-refractivity contribution is -0.121. The third-order valence-electron chi connectivity index (χ3n) is 4.95. The number of halogens is 1. The number of fused-ring (bicyclic) bond motifs is 1. The second-order valence-corrected chi connectivity index (χ2v) is 6.84. The van der Waals surface area contributed by atoms with Gasteiger partial charge in [-0.15, -0.1) is 0 Å². The summed E-state index contributed by atoms with van der Waals surface area (Å²) >= 11 is 0. The zero-order valence-electron chi connectivity index (χ0n) is 16.6. The van der Waals surface area contributed by atoms with Gasteiger partial charge in [-0.1, -0.05) is 36.4 Å². The number of benzene rings is 2. The SMILES string of the molecule is COc1ccccc1CNC(=O)Cn1c(=O)[nH]c2c(-c3ccccc3F)c[nH]c2c1=O. The molecule has 0 aliphatic carbocycles. The van der Waals surface area contributed by atoms with Gasteiger partial charge in [0.25, 0.3) is 5.56 Å². The number of carbonyl (C=O) groups excluding carboxylic acids is 1. The van der Waals surface area contributed by atoms with Crippen molar-refractivity contribution in [3.63, 3.8) is 0 Å². The fraction of sp³-hybridized carbons (Fsp3) is 0.136. The summed E-state index contributed by atoms with van der Waals surface area (Å²) in [5.74, 6) is -0.380. The Kier molecular flexibility index (Phi) is 5.40.